The first-order valence-electron chi connectivity index (χ1n) is 7.04. The van der Waals surface area contributed by atoms with Crippen molar-refractivity contribution in [3.63, 3.8) is 0 Å². The summed E-state index contributed by atoms with van der Waals surface area (Å²) in [7, 11) is 0. The SMILES string of the molecule is Cc1ccc(-c2nnn(CC(=O)Nc3cccc(O)c3)n2)cc1. The predicted octanol–water partition coefficient (Wildman–Crippen LogP) is 1.99. The summed E-state index contributed by atoms with van der Waals surface area (Å²) in [4.78, 5) is 13.2. The van der Waals surface area contributed by atoms with Crippen LogP contribution < -0.4 is 5.32 Å². The second-order valence-corrected chi connectivity index (χ2v) is 5.11. The van der Waals surface area contributed by atoms with Crippen LogP contribution in [0.3, 0.4) is 0 Å². The van der Waals surface area contributed by atoms with E-state index in [9.17, 15) is 9.90 Å². The molecule has 23 heavy (non-hydrogen) atoms. The highest BCUT2D eigenvalue weighted by Crippen LogP contribution is 2.16. The van der Waals surface area contributed by atoms with E-state index >= 15 is 0 Å². The summed E-state index contributed by atoms with van der Waals surface area (Å²) in [6.45, 7) is 1.94. The Morgan fingerprint density at radius 1 is 1.22 bits per heavy atom. The Labute approximate surface area is 132 Å². The average Bonchev–Trinajstić information content (AvgIpc) is 2.96. The third-order valence-corrected chi connectivity index (χ3v) is 3.18. The van der Waals surface area contributed by atoms with Gasteiger partial charge in [0.2, 0.25) is 11.7 Å². The number of phenolic OH excluding ortho intramolecular Hbond substituents is 1. The number of hydrogen-bond donors (Lipinski definition) is 2. The first-order chi connectivity index (χ1) is 11.1. The Morgan fingerprint density at radius 3 is 2.74 bits per heavy atom. The highest BCUT2D eigenvalue weighted by molar-refractivity contribution is 5.90. The van der Waals surface area contributed by atoms with Crippen LogP contribution >= 0.6 is 0 Å². The number of aromatic nitrogens is 4. The van der Waals surface area contributed by atoms with Crippen LogP contribution in [0.25, 0.3) is 11.4 Å². The standard InChI is InChI=1S/C16H15N5O2/c1-11-5-7-12(8-6-11)16-18-20-21(19-16)10-15(23)17-13-3-2-4-14(22)9-13/h2-9,22H,10H2,1H3,(H,17,23). The maximum absolute atomic E-state index is 12.0. The van der Waals surface area contributed by atoms with Gasteiger partial charge in [-0.2, -0.15) is 4.80 Å². The number of benzene rings is 2. The lowest BCUT2D eigenvalue weighted by atomic mass is 10.1. The van der Waals surface area contributed by atoms with Crippen LogP contribution in [-0.2, 0) is 11.3 Å². The molecule has 0 bridgehead atoms. The molecule has 2 N–H and O–H groups in total. The predicted molar refractivity (Wildman–Crippen MR) is 84.7 cm³/mol. The molecule has 0 fully saturated rings. The lowest BCUT2D eigenvalue weighted by Gasteiger charge is -2.04. The lowest BCUT2D eigenvalue weighted by molar-refractivity contribution is -0.117. The number of aryl methyl sites for hydroxylation is 1. The fraction of sp³-hybridized carbons (Fsp3) is 0.125. The van der Waals surface area contributed by atoms with Gasteiger partial charge in [-0.15, -0.1) is 10.2 Å². The molecule has 1 aromatic heterocycles. The molecule has 7 nitrogen and oxygen atoms in total. The van der Waals surface area contributed by atoms with E-state index in [2.05, 4.69) is 20.7 Å². The highest BCUT2D eigenvalue weighted by Gasteiger charge is 2.09. The fourth-order valence-corrected chi connectivity index (χ4v) is 2.04. The van der Waals surface area contributed by atoms with E-state index < -0.39 is 0 Å². The molecule has 1 heterocycles. The summed E-state index contributed by atoms with van der Waals surface area (Å²) < 4.78 is 0. The minimum absolute atomic E-state index is 0.0610. The number of anilines is 1. The molecule has 7 heteroatoms. The maximum atomic E-state index is 12.0. The molecule has 0 spiro atoms. The van der Waals surface area contributed by atoms with Gasteiger partial charge in [-0.25, -0.2) is 0 Å². The van der Waals surface area contributed by atoms with Crippen molar-refractivity contribution in [1.29, 1.82) is 0 Å². The van der Waals surface area contributed by atoms with Gasteiger partial charge in [-0.05, 0) is 24.3 Å². The van der Waals surface area contributed by atoms with E-state index in [1.54, 1.807) is 12.1 Å². The molecular weight excluding hydrogens is 294 g/mol. The zero-order valence-electron chi connectivity index (χ0n) is 12.5. The lowest BCUT2D eigenvalue weighted by Crippen LogP contribution is -2.20. The summed E-state index contributed by atoms with van der Waals surface area (Å²) in [6, 6.07) is 14.1. The molecule has 0 aliphatic rings. The van der Waals surface area contributed by atoms with E-state index in [1.807, 2.05) is 31.2 Å². The highest BCUT2D eigenvalue weighted by atomic mass is 16.3. The zero-order chi connectivity index (χ0) is 16.2. The molecule has 0 atom stereocenters. The number of carbonyl (C=O) groups is 1. The third-order valence-electron chi connectivity index (χ3n) is 3.18. The number of nitrogens with one attached hydrogen (secondary N) is 1. The van der Waals surface area contributed by atoms with Crippen LogP contribution in [0.15, 0.2) is 48.5 Å². The normalized spacial score (nSPS) is 10.5. The molecule has 0 saturated heterocycles. The Morgan fingerprint density at radius 2 is 2.00 bits per heavy atom. The van der Waals surface area contributed by atoms with Gasteiger partial charge in [0.25, 0.3) is 0 Å². The minimum atomic E-state index is -0.302. The van der Waals surface area contributed by atoms with Crippen molar-refractivity contribution in [2.45, 2.75) is 13.5 Å². The van der Waals surface area contributed by atoms with E-state index in [4.69, 9.17) is 0 Å². The third kappa shape index (κ3) is 3.70. The summed E-state index contributed by atoms with van der Waals surface area (Å²) in [5.41, 5.74) is 2.50. The second-order valence-electron chi connectivity index (χ2n) is 5.11. The van der Waals surface area contributed by atoms with Gasteiger partial charge >= 0.3 is 0 Å². The number of nitrogens with zero attached hydrogens (tertiary/aromatic N) is 4. The molecule has 116 valence electrons. The fourth-order valence-electron chi connectivity index (χ4n) is 2.04. The number of amides is 1. The Bertz CT molecular complexity index is 826. The van der Waals surface area contributed by atoms with E-state index in [0.717, 1.165) is 11.1 Å². The quantitative estimate of drug-likeness (QED) is 0.769. The van der Waals surface area contributed by atoms with E-state index in [-0.39, 0.29) is 18.2 Å². The maximum Gasteiger partial charge on any atom is 0.248 e. The monoisotopic (exact) mass is 309 g/mol. The second kappa shape index (κ2) is 6.27. The molecular formula is C16H15N5O2. The summed E-state index contributed by atoms with van der Waals surface area (Å²) >= 11 is 0. The van der Waals surface area contributed by atoms with Gasteiger partial charge in [0.1, 0.15) is 12.3 Å². The molecule has 1 amide bonds. The van der Waals surface area contributed by atoms with Crippen molar-refractivity contribution in [3.05, 3.63) is 54.1 Å². The van der Waals surface area contributed by atoms with Crippen molar-refractivity contribution >= 4 is 11.6 Å². The number of rotatable bonds is 4. The van der Waals surface area contributed by atoms with E-state index in [1.165, 1.54) is 16.9 Å². The number of aromatic hydroxyl groups is 1. The van der Waals surface area contributed by atoms with Gasteiger partial charge in [0.15, 0.2) is 0 Å². The topological polar surface area (TPSA) is 92.9 Å². The Kier molecular flexibility index (Phi) is 4.01. The summed E-state index contributed by atoms with van der Waals surface area (Å²) in [5, 5.41) is 24.1. The first kappa shape index (κ1) is 14.7. The average molecular weight is 309 g/mol. The number of tetrazole rings is 1. The van der Waals surface area contributed by atoms with Crippen LogP contribution in [0.4, 0.5) is 5.69 Å². The number of carbonyl (C=O) groups excluding carboxylic acids is 1. The van der Waals surface area contributed by atoms with Gasteiger partial charge < -0.3 is 10.4 Å². The van der Waals surface area contributed by atoms with Gasteiger partial charge in [-0.1, -0.05) is 35.9 Å². The minimum Gasteiger partial charge on any atom is -0.508 e. The van der Waals surface area contributed by atoms with Crippen molar-refractivity contribution in [2.24, 2.45) is 0 Å². The Hall–Kier alpha value is -3.22. The smallest absolute Gasteiger partial charge is 0.248 e. The largest absolute Gasteiger partial charge is 0.508 e. The van der Waals surface area contributed by atoms with Crippen molar-refractivity contribution in [1.82, 2.24) is 20.2 Å². The molecule has 3 rings (SSSR count). The molecule has 2 aromatic carbocycles. The summed E-state index contributed by atoms with van der Waals surface area (Å²) in [5.74, 6) is 0.252. The molecule has 0 saturated carbocycles. The number of phenols is 1. The van der Waals surface area contributed by atoms with Crippen LogP contribution in [0, 0.1) is 6.92 Å². The van der Waals surface area contributed by atoms with Crippen LogP contribution in [0.5, 0.6) is 5.75 Å². The van der Waals surface area contributed by atoms with Gasteiger partial charge in [0.05, 0.1) is 0 Å². The molecule has 0 radical (unpaired) electrons. The van der Waals surface area contributed by atoms with Crippen molar-refractivity contribution in [2.75, 3.05) is 5.32 Å². The molecule has 0 aliphatic heterocycles. The Balaban J connectivity index is 1.66. The molecule has 3 aromatic rings. The molecule has 0 unspecified atom stereocenters. The van der Waals surface area contributed by atoms with Crippen molar-refractivity contribution in [3.8, 4) is 17.1 Å². The zero-order valence-corrected chi connectivity index (χ0v) is 12.5. The first-order valence-corrected chi connectivity index (χ1v) is 7.04. The van der Waals surface area contributed by atoms with Crippen molar-refractivity contribution < 1.29 is 9.90 Å². The van der Waals surface area contributed by atoms with Gasteiger partial charge in [-0.3, -0.25) is 4.79 Å². The molecule has 0 aliphatic carbocycles. The van der Waals surface area contributed by atoms with Crippen LogP contribution in [-0.4, -0.2) is 31.2 Å². The van der Waals surface area contributed by atoms with E-state index in [0.29, 0.717) is 11.5 Å². The van der Waals surface area contributed by atoms with Crippen LogP contribution in [0.2, 0.25) is 0 Å². The van der Waals surface area contributed by atoms with Gasteiger partial charge in [0, 0.05) is 17.3 Å². The number of hydrogen-bond acceptors (Lipinski definition) is 5. The van der Waals surface area contributed by atoms with Crippen LogP contribution in [0.1, 0.15) is 5.56 Å². The summed E-state index contributed by atoms with van der Waals surface area (Å²) in [6.07, 6.45) is 0.